The number of likely N-dealkylation sites (tertiary alicyclic amines) is 2. The maximum atomic E-state index is 12.5. The fraction of sp³-hybridized carbons (Fsp3) is 0.800. The zero-order chi connectivity index (χ0) is 15.0. The molecule has 3 amide bonds. The Kier molecular flexibility index (Phi) is 3.97. The lowest BCUT2D eigenvalue weighted by Crippen LogP contribution is -2.48. The van der Waals surface area contributed by atoms with Crippen molar-refractivity contribution < 1.29 is 14.4 Å². The van der Waals surface area contributed by atoms with Crippen LogP contribution in [0, 0.1) is 0 Å². The van der Waals surface area contributed by atoms with Gasteiger partial charge >= 0.3 is 0 Å². The van der Waals surface area contributed by atoms with Gasteiger partial charge in [0.05, 0.1) is 18.5 Å². The molecule has 0 radical (unpaired) electrons. The van der Waals surface area contributed by atoms with Gasteiger partial charge in [-0.15, -0.1) is 0 Å². The van der Waals surface area contributed by atoms with Crippen LogP contribution in [-0.4, -0.2) is 59.2 Å². The van der Waals surface area contributed by atoms with Gasteiger partial charge in [-0.05, 0) is 19.3 Å². The van der Waals surface area contributed by atoms with Gasteiger partial charge in [-0.25, -0.2) is 0 Å². The Balaban J connectivity index is 1.64. The van der Waals surface area contributed by atoms with Crippen molar-refractivity contribution in [2.24, 2.45) is 0 Å². The molecule has 3 fully saturated rings. The lowest BCUT2D eigenvalue weighted by molar-refractivity contribution is -0.142. The Bertz CT molecular complexity index is 459. The lowest BCUT2D eigenvalue weighted by Gasteiger charge is -2.29. The highest BCUT2D eigenvalue weighted by atomic mass is 16.2. The second-order valence-electron chi connectivity index (χ2n) is 6.42. The molecule has 6 heteroatoms. The van der Waals surface area contributed by atoms with Gasteiger partial charge in [0.2, 0.25) is 17.7 Å². The molecule has 2 atom stereocenters. The van der Waals surface area contributed by atoms with Crippen LogP contribution >= 0.6 is 0 Å². The number of likely N-dealkylation sites (N-methyl/N-ethyl adjacent to an activating group) is 1. The predicted molar refractivity (Wildman–Crippen MR) is 76.3 cm³/mol. The van der Waals surface area contributed by atoms with Gasteiger partial charge < -0.3 is 4.90 Å². The molecular weight excluding hydrogens is 270 g/mol. The first-order valence-corrected chi connectivity index (χ1v) is 7.95. The third kappa shape index (κ3) is 2.69. The Morgan fingerprint density at radius 3 is 2.29 bits per heavy atom. The topological polar surface area (TPSA) is 69.7 Å². The normalized spacial score (nSPS) is 31.6. The minimum Gasteiger partial charge on any atom is -0.344 e. The zero-order valence-electron chi connectivity index (χ0n) is 12.5. The van der Waals surface area contributed by atoms with Crippen LogP contribution in [0.5, 0.6) is 0 Å². The molecule has 1 aliphatic carbocycles. The molecule has 1 saturated carbocycles. The van der Waals surface area contributed by atoms with Crippen molar-refractivity contribution in [1.82, 2.24) is 15.1 Å². The number of carbonyl (C=O) groups excluding carboxylic acids is 3. The Hall–Kier alpha value is -1.43. The Morgan fingerprint density at radius 2 is 1.67 bits per heavy atom. The highest BCUT2D eigenvalue weighted by Crippen LogP contribution is 2.27. The lowest BCUT2D eigenvalue weighted by atomic mass is 9.94. The summed E-state index contributed by atoms with van der Waals surface area (Å²) in [6, 6.07) is -0.754. The molecule has 3 aliphatic rings. The summed E-state index contributed by atoms with van der Waals surface area (Å²) in [5.41, 5.74) is 0. The van der Waals surface area contributed by atoms with Gasteiger partial charge in [-0.3, -0.25) is 24.6 Å². The van der Waals surface area contributed by atoms with Gasteiger partial charge in [0, 0.05) is 19.6 Å². The number of hydrogen-bond donors (Lipinski definition) is 1. The second kappa shape index (κ2) is 5.75. The zero-order valence-corrected chi connectivity index (χ0v) is 12.5. The van der Waals surface area contributed by atoms with E-state index in [-0.39, 0.29) is 36.2 Å². The molecule has 0 bridgehead atoms. The first-order valence-electron chi connectivity index (χ1n) is 7.95. The smallest absolute Gasteiger partial charge is 0.247 e. The number of nitrogens with zero attached hydrogens (tertiary/aromatic N) is 2. The molecule has 0 aromatic rings. The number of hydrogen-bond acceptors (Lipinski definition) is 4. The van der Waals surface area contributed by atoms with Crippen molar-refractivity contribution in [3.05, 3.63) is 0 Å². The van der Waals surface area contributed by atoms with Crippen LogP contribution < -0.4 is 5.32 Å². The molecule has 0 aromatic carbocycles. The van der Waals surface area contributed by atoms with E-state index in [1.54, 1.807) is 11.9 Å². The summed E-state index contributed by atoms with van der Waals surface area (Å²) in [5, 5.41) is 3.10. The highest BCUT2D eigenvalue weighted by molar-refractivity contribution is 6.06. The monoisotopic (exact) mass is 293 g/mol. The summed E-state index contributed by atoms with van der Waals surface area (Å²) in [6.07, 6.45) is 6.12. The molecule has 6 nitrogen and oxygen atoms in total. The summed E-state index contributed by atoms with van der Waals surface area (Å²) in [4.78, 5) is 39.7. The molecule has 0 aromatic heterocycles. The van der Waals surface area contributed by atoms with Crippen LogP contribution in [0.15, 0.2) is 0 Å². The van der Waals surface area contributed by atoms with Gasteiger partial charge in [0.25, 0.3) is 0 Å². The summed E-state index contributed by atoms with van der Waals surface area (Å²) in [5.74, 6) is -0.191. The molecule has 116 valence electrons. The van der Waals surface area contributed by atoms with Crippen LogP contribution in [0.25, 0.3) is 0 Å². The highest BCUT2D eigenvalue weighted by Gasteiger charge is 2.44. The number of rotatable bonds is 3. The molecular formula is C15H23N3O3. The predicted octanol–water partition coefficient (Wildman–Crippen LogP) is 0.267. The minimum absolute atomic E-state index is 0.0198. The van der Waals surface area contributed by atoms with E-state index in [4.69, 9.17) is 0 Å². The summed E-state index contributed by atoms with van der Waals surface area (Å²) < 4.78 is 0. The standard InChI is InChI=1S/C15H23N3O3/c1-17-8-7-11(14(17)20)16-12-9-13(19)18(15(12)21)10-5-3-2-4-6-10/h10-12,16H,2-9H2,1H3. The van der Waals surface area contributed by atoms with Gasteiger partial charge in [-0.1, -0.05) is 19.3 Å². The minimum atomic E-state index is -0.514. The number of imide groups is 1. The quantitative estimate of drug-likeness (QED) is 0.758. The van der Waals surface area contributed by atoms with Crippen LogP contribution in [0.1, 0.15) is 44.9 Å². The molecule has 0 spiro atoms. The number of nitrogens with one attached hydrogen (secondary N) is 1. The first kappa shape index (κ1) is 14.5. The average Bonchev–Trinajstić information content (AvgIpc) is 2.94. The Labute approximate surface area is 124 Å². The molecule has 2 saturated heterocycles. The summed E-state index contributed by atoms with van der Waals surface area (Å²) in [6.45, 7) is 0.706. The number of carbonyl (C=O) groups is 3. The molecule has 2 heterocycles. The number of amides is 3. The molecule has 2 unspecified atom stereocenters. The van der Waals surface area contributed by atoms with E-state index >= 15 is 0 Å². The molecule has 3 rings (SSSR count). The first-order chi connectivity index (χ1) is 10.1. The van der Waals surface area contributed by atoms with Crippen molar-refractivity contribution >= 4 is 17.7 Å². The van der Waals surface area contributed by atoms with Crippen LogP contribution in [0.3, 0.4) is 0 Å². The summed E-state index contributed by atoms with van der Waals surface area (Å²) >= 11 is 0. The maximum absolute atomic E-state index is 12.5. The largest absolute Gasteiger partial charge is 0.344 e. The average molecular weight is 293 g/mol. The fourth-order valence-electron chi connectivity index (χ4n) is 3.72. The van der Waals surface area contributed by atoms with E-state index in [0.717, 1.165) is 25.7 Å². The van der Waals surface area contributed by atoms with Crippen molar-refractivity contribution in [2.45, 2.75) is 63.1 Å². The van der Waals surface area contributed by atoms with E-state index in [9.17, 15) is 14.4 Å². The van der Waals surface area contributed by atoms with E-state index in [1.807, 2.05) is 0 Å². The second-order valence-corrected chi connectivity index (χ2v) is 6.42. The van der Waals surface area contributed by atoms with E-state index in [1.165, 1.54) is 11.3 Å². The van der Waals surface area contributed by atoms with Crippen LogP contribution in [0.2, 0.25) is 0 Å². The third-order valence-electron chi connectivity index (χ3n) is 4.95. The van der Waals surface area contributed by atoms with Gasteiger partial charge in [-0.2, -0.15) is 0 Å². The third-order valence-corrected chi connectivity index (χ3v) is 4.95. The van der Waals surface area contributed by atoms with Crippen molar-refractivity contribution in [3.8, 4) is 0 Å². The fourth-order valence-corrected chi connectivity index (χ4v) is 3.72. The van der Waals surface area contributed by atoms with Gasteiger partial charge in [0.1, 0.15) is 0 Å². The van der Waals surface area contributed by atoms with E-state index in [0.29, 0.717) is 13.0 Å². The maximum Gasteiger partial charge on any atom is 0.247 e. The van der Waals surface area contributed by atoms with Crippen molar-refractivity contribution in [3.63, 3.8) is 0 Å². The van der Waals surface area contributed by atoms with E-state index < -0.39 is 6.04 Å². The molecule has 1 N–H and O–H groups in total. The molecule has 2 aliphatic heterocycles. The van der Waals surface area contributed by atoms with Gasteiger partial charge in [0.15, 0.2) is 0 Å². The SMILES string of the molecule is CN1CCC(NC2CC(=O)N(C3CCCCC3)C2=O)C1=O. The van der Waals surface area contributed by atoms with E-state index in [2.05, 4.69) is 5.32 Å². The summed E-state index contributed by atoms with van der Waals surface area (Å²) in [7, 11) is 1.76. The van der Waals surface area contributed by atoms with Crippen LogP contribution in [0.4, 0.5) is 0 Å². The molecule has 21 heavy (non-hydrogen) atoms. The van der Waals surface area contributed by atoms with Crippen LogP contribution in [-0.2, 0) is 14.4 Å². The Morgan fingerprint density at radius 1 is 0.952 bits per heavy atom. The van der Waals surface area contributed by atoms with Crippen molar-refractivity contribution in [1.29, 1.82) is 0 Å². The van der Waals surface area contributed by atoms with Crippen molar-refractivity contribution in [2.75, 3.05) is 13.6 Å².